The van der Waals surface area contributed by atoms with E-state index < -0.39 is 5.97 Å². The van der Waals surface area contributed by atoms with Crippen molar-refractivity contribution in [2.75, 3.05) is 0 Å². The van der Waals surface area contributed by atoms with Crippen LogP contribution in [-0.4, -0.2) is 5.97 Å². The molecule has 0 N–H and O–H groups in total. The van der Waals surface area contributed by atoms with Gasteiger partial charge in [-0.1, -0.05) is 103 Å². The van der Waals surface area contributed by atoms with Crippen molar-refractivity contribution in [3.8, 4) is 11.8 Å². The lowest BCUT2D eigenvalue weighted by Crippen LogP contribution is -2.14. The minimum atomic E-state index is -0.404. The minimum Gasteiger partial charge on any atom is -0.422 e. The Morgan fingerprint density at radius 3 is 2.21 bits per heavy atom. The highest BCUT2D eigenvalue weighted by atomic mass is 16.5. The van der Waals surface area contributed by atoms with Crippen LogP contribution in [0, 0.1) is 17.2 Å². The van der Waals surface area contributed by atoms with Crippen LogP contribution < -0.4 is 4.74 Å². The number of benzene rings is 2. The second kappa shape index (κ2) is 16.4. The number of rotatable bonds is 15. The maximum absolute atomic E-state index is 12.8. The Morgan fingerprint density at radius 1 is 0.895 bits per heavy atom. The molecule has 0 bridgehead atoms. The van der Waals surface area contributed by atoms with Gasteiger partial charge in [-0.3, -0.25) is 0 Å². The number of carbonyl (C=O) groups excluding carboxylic acids is 1. The maximum Gasteiger partial charge on any atom is 0.343 e. The number of esters is 1. The number of ether oxygens (including phenoxy) is 1. The van der Waals surface area contributed by atoms with Crippen LogP contribution in [0.1, 0.15) is 156 Å². The Labute approximate surface area is 232 Å². The van der Waals surface area contributed by atoms with Crippen molar-refractivity contribution < 1.29 is 9.53 Å². The molecule has 0 radical (unpaired) electrons. The monoisotopic (exact) mass is 515 g/mol. The molecule has 0 aromatic heterocycles. The zero-order valence-electron chi connectivity index (χ0n) is 24.1. The number of nitriles is 1. The van der Waals surface area contributed by atoms with Gasteiger partial charge in [0.15, 0.2) is 0 Å². The Bertz CT molecular complexity index is 1010. The van der Waals surface area contributed by atoms with E-state index in [-0.39, 0.29) is 0 Å². The Morgan fingerprint density at radius 2 is 1.55 bits per heavy atom. The van der Waals surface area contributed by atoms with Crippen LogP contribution in [0.15, 0.2) is 42.5 Å². The smallest absolute Gasteiger partial charge is 0.343 e. The fraction of sp³-hybridized carbons (Fsp3) is 0.600. The molecule has 0 aliphatic heterocycles. The van der Waals surface area contributed by atoms with E-state index in [1.165, 1.54) is 82.6 Å². The van der Waals surface area contributed by atoms with Gasteiger partial charge in [0, 0.05) is 0 Å². The van der Waals surface area contributed by atoms with E-state index in [9.17, 15) is 10.1 Å². The molecule has 206 valence electrons. The molecule has 1 aliphatic rings. The third kappa shape index (κ3) is 9.30. The zero-order chi connectivity index (χ0) is 27.2. The second-order valence-corrected chi connectivity index (χ2v) is 11.5. The SMILES string of the molecule is CCCCCCCCCC1CCC(c2ccc(C(=O)Oc3ccc(C(C)CCCC)cc3C#N)cc2)CC1. The number of unbranched alkanes of at least 4 members (excludes halogenated alkanes) is 7. The van der Waals surface area contributed by atoms with Crippen LogP contribution in [0.4, 0.5) is 0 Å². The first-order valence-electron chi connectivity index (χ1n) is 15.4. The number of hydrogen-bond donors (Lipinski definition) is 0. The fourth-order valence-electron chi connectivity index (χ4n) is 5.93. The Hall–Kier alpha value is -2.60. The fourth-order valence-corrected chi connectivity index (χ4v) is 5.93. The lowest BCUT2D eigenvalue weighted by Gasteiger charge is -2.29. The summed E-state index contributed by atoms with van der Waals surface area (Å²) in [4.78, 5) is 12.8. The van der Waals surface area contributed by atoms with Crippen molar-refractivity contribution in [2.24, 2.45) is 5.92 Å². The van der Waals surface area contributed by atoms with E-state index in [0.29, 0.717) is 28.7 Å². The predicted molar refractivity (Wildman–Crippen MR) is 158 cm³/mol. The van der Waals surface area contributed by atoms with Gasteiger partial charge in [0.1, 0.15) is 11.8 Å². The van der Waals surface area contributed by atoms with E-state index in [1.54, 1.807) is 6.07 Å². The molecule has 0 spiro atoms. The molecular formula is C35H49NO2. The van der Waals surface area contributed by atoms with Crippen molar-refractivity contribution in [3.05, 3.63) is 64.7 Å². The standard InChI is InChI=1S/C35H49NO2/c1-4-6-8-9-10-11-12-14-28-15-17-29(18-16-28)30-19-21-31(22-20-30)35(37)38-34-24-23-32(25-33(34)26-36)27(3)13-7-5-2/h19-25,27-29H,4-18H2,1-3H3. The molecule has 3 nitrogen and oxygen atoms in total. The Balaban J connectivity index is 1.46. The molecule has 0 heterocycles. The number of carbonyl (C=O) groups is 1. The van der Waals surface area contributed by atoms with Crippen molar-refractivity contribution in [1.29, 1.82) is 5.26 Å². The van der Waals surface area contributed by atoms with E-state index in [0.717, 1.165) is 30.7 Å². The lowest BCUT2D eigenvalue weighted by molar-refractivity contribution is 0.0734. The summed E-state index contributed by atoms with van der Waals surface area (Å²) in [6, 6.07) is 15.8. The van der Waals surface area contributed by atoms with Crippen LogP contribution >= 0.6 is 0 Å². The summed E-state index contributed by atoms with van der Waals surface area (Å²) in [6.07, 6.45) is 19.7. The number of nitrogens with zero attached hydrogens (tertiary/aromatic N) is 1. The van der Waals surface area contributed by atoms with Crippen molar-refractivity contribution in [1.82, 2.24) is 0 Å². The van der Waals surface area contributed by atoms with Crippen molar-refractivity contribution in [2.45, 2.75) is 129 Å². The van der Waals surface area contributed by atoms with Gasteiger partial charge in [0.2, 0.25) is 0 Å². The first-order chi connectivity index (χ1) is 18.5. The lowest BCUT2D eigenvalue weighted by atomic mass is 9.77. The van der Waals surface area contributed by atoms with Crippen LogP contribution in [0.3, 0.4) is 0 Å². The molecule has 1 atom stereocenters. The first kappa shape index (κ1) is 29.9. The van der Waals surface area contributed by atoms with Gasteiger partial charge in [-0.25, -0.2) is 4.79 Å². The van der Waals surface area contributed by atoms with Gasteiger partial charge < -0.3 is 4.74 Å². The van der Waals surface area contributed by atoms with E-state index in [1.807, 2.05) is 24.3 Å². The van der Waals surface area contributed by atoms with Gasteiger partial charge in [0.25, 0.3) is 0 Å². The quantitative estimate of drug-likeness (QED) is 0.135. The Kier molecular flexibility index (Phi) is 12.9. The third-order valence-corrected chi connectivity index (χ3v) is 8.57. The van der Waals surface area contributed by atoms with Gasteiger partial charge in [0.05, 0.1) is 11.1 Å². The molecular weight excluding hydrogens is 466 g/mol. The largest absolute Gasteiger partial charge is 0.422 e. The summed E-state index contributed by atoms with van der Waals surface area (Å²) < 4.78 is 5.65. The number of hydrogen-bond acceptors (Lipinski definition) is 3. The van der Waals surface area contributed by atoms with Crippen molar-refractivity contribution in [3.63, 3.8) is 0 Å². The summed E-state index contributed by atoms with van der Waals surface area (Å²) in [7, 11) is 0. The molecule has 1 unspecified atom stereocenters. The molecule has 38 heavy (non-hydrogen) atoms. The normalized spacial score (nSPS) is 18.1. The summed E-state index contributed by atoms with van der Waals surface area (Å²) >= 11 is 0. The highest BCUT2D eigenvalue weighted by Crippen LogP contribution is 2.38. The second-order valence-electron chi connectivity index (χ2n) is 11.5. The molecule has 3 heteroatoms. The highest BCUT2D eigenvalue weighted by Gasteiger charge is 2.22. The summed E-state index contributed by atoms with van der Waals surface area (Å²) in [5, 5.41) is 9.64. The molecule has 3 rings (SSSR count). The van der Waals surface area contributed by atoms with Gasteiger partial charge in [-0.15, -0.1) is 0 Å². The molecule has 0 saturated heterocycles. The van der Waals surface area contributed by atoms with E-state index in [4.69, 9.17) is 4.74 Å². The van der Waals surface area contributed by atoms with E-state index >= 15 is 0 Å². The predicted octanol–water partition coefficient (Wildman–Crippen LogP) is 10.5. The van der Waals surface area contributed by atoms with Crippen LogP contribution in [0.2, 0.25) is 0 Å². The first-order valence-corrected chi connectivity index (χ1v) is 15.4. The van der Waals surface area contributed by atoms with E-state index in [2.05, 4.69) is 39.0 Å². The molecule has 2 aromatic rings. The van der Waals surface area contributed by atoms with Crippen LogP contribution in [0.25, 0.3) is 0 Å². The molecule has 0 amide bonds. The average Bonchev–Trinajstić information content (AvgIpc) is 2.96. The average molecular weight is 516 g/mol. The third-order valence-electron chi connectivity index (χ3n) is 8.57. The van der Waals surface area contributed by atoms with Crippen LogP contribution in [-0.2, 0) is 0 Å². The summed E-state index contributed by atoms with van der Waals surface area (Å²) in [6.45, 7) is 6.65. The van der Waals surface area contributed by atoms with Crippen molar-refractivity contribution >= 4 is 5.97 Å². The summed E-state index contributed by atoms with van der Waals surface area (Å²) in [5.41, 5.74) is 3.41. The molecule has 1 aliphatic carbocycles. The van der Waals surface area contributed by atoms with Crippen LogP contribution in [0.5, 0.6) is 5.75 Å². The molecule has 2 aromatic carbocycles. The van der Waals surface area contributed by atoms with Gasteiger partial charge >= 0.3 is 5.97 Å². The minimum absolute atomic E-state index is 0.340. The van der Waals surface area contributed by atoms with Gasteiger partial charge in [-0.2, -0.15) is 5.26 Å². The van der Waals surface area contributed by atoms with Gasteiger partial charge in [-0.05, 0) is 85.3 Å². The highest BCUT2D eigenvalue weighted by molar-refractivity contribution is 5.91. The molecule has 1 fully saturated rings. The zero-order valence-corrected chi connectivity index (χ0v) is 24.1. The molecule has 1 saturated carbocycles. The summed E-state index contributed by atoms with van der Waals surface area (Å²) in [5.74, 6) is 1.81. The topological polar surface area (TPSA) is 50.1 Å². The maximum atomic E-state index is 12.8.